The van der Waals surface area contributed by atoms with E-state index in [2.05, 4.69) is 10.6 Å². The van der Waals surface area contributed by atoms with Crippen molar-refractivity contribution in [2.45, 2.75) is 4.90 Å². The molecule has 0 bridgehead atoms. The standard InChI is InChI=1S/C38H26N2O2S/c41-37-33-29(25-15-7-2-8-16-25)23-31(43)36(40-27-19-11-4-12-20-27)35(33)38(42)32-28(24-13-5-1-6-14-24)21-22-30(34(32)37)39-26-17-9-3-10-18-26/h1-23,39-40,43H. The molecule has 0 radical (unpaired) electrons. The number of para-hydroxylation sites is 2. The van der Waals surface area contributed by atoms with Gasteiger partial charge in [-0.05, 0) is 58.7 Å². The largest absolute Gasteiger partial charge is 0.355 e. The Kier molecular flexibility index (Phi) is 6.85. The Labute approximate surface area is 255 Å². The quantitative estimate of drug-likeness (QED) is 0.173. The molecule has 0 fully saturated rings. The second-order valence-electron chi connectivity index (χ2n) is 10.4. The van der Waals surface area contributed by atoms with E-state index in [9.17, 15) is 9.59 Å². The average Bonchev–Trinajstić information content (AvgIpc) is 3.06. The molecular weight excluding hydrogens is 548 g/mol. The lowest BCUT2D eigenvalue weighted by atomic mass is 9.76. The minimum absolute atomic E-state index is 0.218. The fourth-order valence-electron chi connectivity index (χ4n) is 5.73. The molecule has 7 rings (SSSR count). The van der Waals surface area contributed by atoms with Crippen molar-refractivity contribution in [3.05, 3.63) is 162 Å². The van der Waals surface area contributed by atoms with E-state index in [4.69, 9.17) is 12.6 Å². The Bertz CT molecular complexity index is 1990. The first-order chi connectivity index (χ1) is 21.1. The van der Waals surface area contributed by atoms with Gasteiger partial charge in [0.2, 0.25) is 0 Å². The molecule has 0 saturated heterocycles. The third kappa shape index (κ3) is 4.80. The molecule has 2 N–H and O–H groups in total. The maximum Gasteiger partial charge on any atom is 0.197 e. The average molecular weight is 575 g/mol. The fraction of sp³-hybridized carbons (Fsp3) is 0. The molecular formula is C38H26N2O2S. The van der Waals surface area contributed by atoms with Crippen LogP contribution in [0.1, 0.15) is 31.8 Å². The van der Waals surface area contributed by atoms with Gasteiger partial charge < -0.3 is 10.6 Å². The van der Waals surface area contributed by atoms with Crippen molar-refractivity contribution in [3.63, 3.8) is 0 Å². The molecule has 0 heterocycles. The van der Waals surface area contributed by atoms with E-state index in [1.165, 1.54) is 0 Å². The number of ketones is 2. The number of thiol groups is 1. The lowest BCUT2D eigenvalue weighted by molar-refractivity contribution is 0.0981. The van der Waals surface area contributed by atoms with Gasteiger partial charge in [-0.2, -0.15) is 0 Å². The van der Waals surface area contributed by atoms with Gasteiger partial charge in [-0.25, -0.2) is 0 Å². The summed E-state index contributed by atoms with van der Waals surface area (Å²) < 4.78 is 0. The highest BCUT2D eigenvalue weighted by Crippen LogP contribution is 2.46. The Hall–Kier alpha value is -5.39. The van der Waals surface area contributed by atoms with Crippen LogP contribution >= 0.6 is 12.6 Å². The van der Waals surface area contributed by atoms with Gasteiger partial charge in [0.15, 0.2) is 11.6 Å². The van der Waals surface area contributed by atoms with Crippen molar-refractivity contribution in [3.8, 4) is 22.3 Å². The third-order valence-electron chi connectivity index (χ3n) is 7.69. The SMILES string of the molecule is O=C1c2c(Nc3ccccc3)ccc(-c3ccccc3)c2C(=O)c2c(Nc3ccccc3)c(S)cc(-c3ccccc3)c21. The molecule has 0 unspecified atom stereocenters. The highest BCUT2D eigenvalue weighted by atomic mass is 32.1. The first-order valence-corrected chi connectivity index (χ1v) is 14.5. The fourth-order valence-corrected chi connectivity index (χ4v) is 6.03. The maximum atomic E-state index is 14.9. The normalized spacial score (nSPS) is 11.9. The first-order valence-electron chi connectivity index (χ1n) is 14.0. The van der Waals surface area contributed by atoms with E-state index < -0.39 is 0 Å². The Morgan fingerprint density at radius 2 is 0.907 bits per heavy atom. The zero-order valence-electron chi connectivity index (χ0n) is 23.0. The van der Waals surface area contributed by atoms with Crippen LogP contribution in [0.5, 0.6) is 0 Å². The summed E-state index contributed by atoms with van der Waals surface area (Å²) in [4.78, 5) is 30.4. The van der Waals surface area contributed by atoms with Crippen molar-refractivity contribution >= 4 is 46.9 Å². The lowest BCUT2D eigenvalue weighted by Crippen LogP contribution is -2.25. The highest BCUT2D eigenvalue weighted by Gasteiger charge is 2.38. The van der Waals surface area contributed by atoms with Crippen molar-refractivity contribution in [2.24, 2.45) is 0 Å². The molecule has 0 spiro atoms. The van der Waals surface area contributed by atoms with E-state index >= 15 is 0 Å². The summed E-state index contributed by atoms with van der Waals surface area (Å²) >= 11 is 4.87. The van der Waals surface area contributed by atoms with Crippen LogP contribution in [0.2, 0.25) is 0 Å². The summed E-state index contributed by atoms with van der Waals surface area (Å²) in [6.45, 7) is 0. The maximum absolute atomic E-state index is 14.9. The smallest absolute Gasteiger partial charge is 0.197 e. The molecule has 1 aliphatic rings. The van der Waals surface area contributed by atoms with Gasteiger partial charge in [-0.15, -0.1) is 12.6 Å². The van der Waals surface area contributed by atoms with Crippen LogP contribution in [-0.2, 0) is 0 Å². The van der Waals surface area contributed by atoms with Crippen molar-refractivity contribution in [1.82, 2.24) is 0 Å². The zero-order chi connectivity index (χ0) is 29.3. The van der Waals surface area contributed by atoms with Gasteiger partial charge in [0.05, 0.1) is 22.5 Å². The van der Waals surface area contributed by atoms with E-state index in [0.29, 0.717) is 49.7 Å². The van der Waals surface area contributed by atoms with Crippen LogP contribution in [0.4, 0.5) is 22.7 Å². The molecule has 6 aromatic rings. The van der Waals surface area contributed by atoms with Crippen LogP contribution < -0.4 is 10.6 Å². The molecule has 0 atom stereocenters. The minimum Gasteiger partial charge on any atom is -0.355 e. The predicted molar refractivity (Wildman–Crippen MR) is 177 cm³/mol. The lowest BCUT2D eigenvalue weighted by Gasteiger charge is -2.28. The van der Waals surface area contributed by atoms with Crippen LogP contribution in [0.15, 0.2) is 144 Å². The Morgan fingerprint density at radius 3 is 1.49 bits per heavy atom. The van der Waals surface area contributed by atoms with Crippen molar-refractivity contribution < 1.29 is 9.59 Å². The molecule has 0 aromatic heterocycles. The van der Waals surface area contributed by atoms with Crippen LogP contribution in [-0.4, -0.2) is 11.6 Å². The molecule has 206 valence electrons. The Balaban J connectivity index is 1.53. The molecule has 1 aliphatic carbocycles. The molecule has 0 amide bonds. The Morgan fingerprint density at radius 1 is 0.442 bits per heavy atom. The number of fused-ring (bicyclic) bond motifs is 2. The van der Waals surface area contributed by atoms with Crippen molar-refractivity contribution in [2.75, 3.05) is 10.6 Å². The van der Waals surface area contributed by atoms with E-state index in [-0.39, 0.29) is 11.6 Å². The third-order valence-corrected chi connectivity index (χ3v) is 8.04. The number of hydrogen-bond donors (Lipinski definition) is 3. The molecule has 4 nitrogen and oxygen atoms in total. The number of hydrogen-bond acceptors (Lipinski definition) is 5. The van der Waals surface area contributed by atoms with Gasteiger partial charge in [0.1, 0.15) is 0 Å². The topological polar surface area (TPSA) is 58.2 Å². The first kappa shape index (κ1) is 26.5. The summed E-state index contributed by atoms with van der Waals surface area (Å²) in [5, 5.41) is 6.82. The van der Waals surface area contributed by atoms with E-state index in [1.807, 2.05) is 140 Å². The number of benzene rings is 6. The van der Waals surface area contributed by atoms with Crippen LogP contribution in [0.3, 0.4) is 0 Å². The summed E-state index contributed by atoms with van der Waals surface area (Å²) in [5.41, 5.74) is 7.18. The second-order valence-corrected chi connectivity index (χ2v) is 10.8. The highest BCUT2D eigenvalue weighted by molar-refractivity contribution is 7.80. The number of carbonyl (C=O) groups is 2. The van der Waals surface area contributed by atoms with Crippen molar-refractivity contribution in [1.29, 1.82) is 0 Å². The summed E-state index contributed by atoms with van der Waals surface area (Å²) in [7, 11) is 0. The molecule has 0 saturated carbocycles. The van der Waals surface area contributed by atoms with E-state index in [0.717, 1.165) is 22.5 Å². The minimum atomic E-state index is -0.230. The predicted octanol–water partition coefficient (Wildman–Crippen LogP) is 9.57. The van der Waals surface area contributed by atoms with Gasteiger partial charge in [0.25, 0.3) is 0 Å². The number of rotatable bonds is 6. The molecule has 6 aromatic carbocycles. The van der Waals surface area contributed by atoms with E-state index in [1.54, 1.807) is 0 Å². The zero-order valence-corrected chi connectivity index (χ0v) is 23.9. The number of carbonyl (C=O) groups excluding carboxylic acids is 2. The monoisotopic (exact) mass is 574 g/mol. The molecule has 43 heavy (non-hydrogen) atoms. The number of nitrogens with one attached hydrogen (secondary N) is 2. The second kappa shape index (κ2) is 11.1. The summed E-state index contributed by atoms with van der Waals surface area (Å²) in [6.07, 6.45) is 0. The molecule has 5 heteroatoms. The molecule has 0 aliphatic heterocycles. The van der Waals surface area contributed by atoms with Gasteiger partial charge in [-0.3, -0.25) is 9.59 Å². The van der Waals surface area contributed by atoms with Gasteiger partial charge in [-0.1, -0.05) is 103 Å². The number of anilines is 4. The van der Waals surface area contributed by atoms with Gasteiger partial charge in [0, 0.05) is 27.4 Å². The van der Waals surface area contributed by atoms with Crippen LogP contribution in [0.25, 0.3) is 22.3 Å². The summed E-state index contributed by atoms with van der Waals surface area (Å²) in [5.74, 6) is -0.448. The van der Waals surface area contributed by atoms with Gasteiger partial charge >= 0.3 is 0 Å². The summed E-state index contributed by atoms with van der Waals surface area (Å²) in [6, 6.07) is 44.4. The van der Waals surface area contributed by atoms with Crippen LogP contribution in [0, 0.1) is 0 Å².